The Hall–Kier alpha value is -0.390. The van der Waals surface area contributed by atoms with Crippen LogP contribution in [0.15, 0.2) is 21.8 Å². The Bertz CT molecular complexity index is 713. The third-order valence-corrected chi connectivity index (χ3v) is 6.75. The summed E-state index contributed by atoms with van der Waals surface area (Å²) in [6.45, 7) is 10.9. The van der Waals surface area contributed by atoms with Gasteiger partial charge in [0, 0.05) is 45.0 Å². The molecule has 0 amide bonds. The van der Waals surface area contributed by atoms with E-state index in [0.29, 0.717) is 19.0 Å². The van der Waals surface area contributed by atoms with Crippen molar-refractivity contribution >= 4 is 51.1 Å². The van der Waals surface area contributed by atoms with Gasteiger partial charge in [-0.1, -0.05) is 13.8 Å². The molecular formula is C20H37IN4O2S2. The second kappa shape index (κ2) is 12.5. The molecule has 0 radical (unpaired) electrons. The Morgan fingerprint density at radius 1 is 1.34 bits per heavy atom. The van der Waals surface area contributed by atoms with Crippen LogP contribution in [-0.2, 0) is 16.4 Å². The molecule has 6 nitrogen and oxygen atoms in total. The third kappa shape index (κ3) is 11.0. The maximum absolute atomic E-state index is 11.4. The van der Waals surface area contributed by atoms with Gasteiger partial charge < -0.3 is 10.6 Å². The van der Waals surface area contributed by atoms with Gasteiger partial charge in [0.25, 0.3) is 0 Å². The van der Waals surface area contributed by atoms with Crippen molar-refractivity contribution in [2.45, 2.75) is 52.6 Å². The molecule has 168 valence electrons. The van der Waals surface area contributed by atoms with E-state index in [1.807, 2.05) is 0 Å². The van der Waals surface area contributed by atoms with Crippen LogP contribution in [-0.4, -0.2) is 63.5 Å². The van der Waals surface area contributed by atoms with Crippen LogP contribution >= 0.6 is 35.3 Å². The largest absolute Gasteiger partial charge is 0.357 e. The van der Waals surface area contributed by atoms with Crippen molar-refractivity contribution in [1.82, 2.24) is 15.5 Å². The van der Waals surface area contributed by atoms with Gasteiger partial charge in [0.2, 0.25) is 0 Å². The standard InChI is InChI=1S/C20H36N4O2S2.HI/c1-5-21-19(22-16-20(2,3)9-13-28(4,25)26)23-18-6-10-24(11-7-18)14-17-8-12-27-15-17;/h8,12,15,18H,5-7,9-11,13-14,16H2,1-4H3,(H2,21,22,23);1H. The SMILES string of the molecule is CCNC(=NCC(C)(C)CCS(C)(=O)=O)NC1CCN(Cc2ccsc2)CC1.I. The number of thiophene rings is 1. The molecule has 2 N–H and O–H groups in total. The zero-order valence-corrected chi connectivity index (χ0v) is 22.1. The molecular weight excluding hydrogens is 519 g/mol. The van der Waals surface area contributed by atoms with Gasteiger partial charge in [-0.25, -0.2) is 8.42 Å². The second-order valence-corrected chi connectivity index (χ2v) is 11.6. The molecule has 1 saturated heterocycles. The van der Waals surface area contributed by atoms with Crippen LogP contribution in [0.4, 0.5) is 0 Å². The highest BCUT2D eigenvalue weighted by Gasteiger charge is 2.22. The summed E-state index contributed by atoms with van der Waals surface area (Å²) in [6.07, 6.45) is 4.12. The molecule has 0 aromatic carbocycles. The minimum Gasteiger partial charge on any atom is -0.357 e. The average molecular weight is 557 g/mol. The van der Waals surface area contributed by atoms with Crippen molar-refractivity contribution in [3.63, 3.8) is 0 Å². The zero-order chi connectivity index (χ0) is 20.6. The maximum atomic E-state index is 11.4. The van der Waals surface area contributed by atoms with Crippen molar-refractivity contribution < 1.29 is 8.42 Å². The number of guanidine groups is 1. The fourth-order valence-electron chi connectivity index (χ4n) is 3.22. The highest BCUT2D eigenvalue weighted by molar-refractivity contribution is 14.0. The minimum absolute atomic E-state index is 0. The summed E-state index contributed by atoms with van der Waals surface area (Å²) in [5.41, 5.74) is 1.26. The highest BCUT2D eigenvalue weighted by Crippen LogP contribution is 2.21. The summed E-state index contributed by atoms with van der Waals surface area (Å²) in [5.74, 6) is 1.05. The smallest absolute Gasteiger partial charge is 0.191 e. The number of nitrogens with zero attached hydrogens (tertiary/aromatic N) is 2. The van der Waals surface area contributed by atoms with Crippen molar-refractivity contribution in [2.24, 2.45) is 10.4 Å². The van der Waals surface area contributed by atoms with Crippen LogP contribution in [0.5, 0.6) is 0 Å². The fourth-order valence-corrected chi connectivity index (χ4v) is 4.81. The van der Waals surface area contributed by atoms with Gasteiger partial charge in [-0.2, -0.15) is 11.3 Å². The Morgan fingerprint density at radius 3 is 2.59 bits per heavy atom. The number of aliphatic imine (C=N–C) groups is 1. The number of hydrogen-bond acceptors (Lipinski definition) is 5. The van der Waals surface area contributed by atoms with Gasteiger partial charge >= 0.3 is 0 Å². The lowest BCUT2D eigenvalue weighted by Gasteiger charge is -2.33. The lowest BCUT2D eigenvalue weighted by atomic mass is 9.90. The van der Waals surface area contributed by atoms with Crippen molar-refractivity contribution in [2.75, 3.05) is 38.2 Å². The lowest BCUT2D eigenvalue weighted by molar-refractivity contribution is 0.198. The molecule has 1 aromatic rings. The molecule has 0 aliphatic carbocycles. The first-order chi connectivity index (χ1) is 13.2. The fraction of sp³-hybridized carbons (Fsp3) is 0.750. The summed E-state index contributed by atoms with van der Waals surface area (Å²) >= 11 is 1.76. The summed E-state index contributed by atoms with van der Waals surface area (Å²) in [4.78, 5) is 7.26. The van der Waals surface area contributed by atoms with Crippen molar-refractivity contribution in [1.29, 1.82) is 0 Å². The number of piperidine rings is 1. The quantitative estimate of drug-likeness (QED) is 0.277. The summed E-state index contributed by atoms with van der Waals surface area (Å²) in [5, 5.41) is 11.3. The van der Waals surface area contributed by atoms with Gasteiger partial charge in [0.05, 0.1) is 5.75 Å². The molecule has 9 heteroatoms. The first kappa shape index (κ1) is 26.6. The van der Waals surface area contributed by atoms with Gasteiger partial charge in [-0.05, 0) is 54.0 Å². The zero-order valence-electron chi connectivity index (χ0n) is 18.1. The number of nitrogens with one attached hydrogen (secondary N) is 2. The first-order valence-electron chi connectivity index (χ1n) is 10.1. The van der Waals surface area contributed by atoms with E-state index < -0.39 is 9.84 Å². The Balaban J connectivity index is 0.00000420. The van der Waals surface area contributed by atoms with Gasteiger partial charge in [-0.15, -0.1) is 24.0 Å². The molecule has 2 rings (SSSR count). The maximum Gasteiger partial charge on any atom is 0.191 e. The molecule has 1 aliphatic heterocycles. The third-order valence-electron chi connectivity index (χ3n) is 5.07. The van der Waals surface area contributed by atoms with E-state index in [1.54, 1.807) is 11.3 Å². The normalized spacial score (nSPS) is 17.0. The van der Waals surface area contributed by atoms with Crippen LogP contribution in [0.1, 0.15) is 45.6 Å². The minimum atomic E-state index is -2.94. The lowest BCUT2D eigenvalue weighted by Crippen LogP contribution is -2.48. The van der Waals surface area contributed by atoms with E-state index in [0.717, 1.165) is 45.0 Å². The monoisotopic (exact) mass is 556 g/mol. The van der Waals surface area contributed by atoms with E-state index in [-0.39, 0.29) is 35.1 Å². The van der Waals surface area contributed by atoms with E-state index in [9.17, 15) is 8.42 Å². The summed E-state index contributed by atoms with van der Waals surface area (Å²) in [7, 11) is -2.94. The molecule has 29 heavy (non-hydrogen) atoms. The molecule has 1 fully saturated rings. The van der Waals surface area contributed by atoms with Gasteiger partial charge in [0.15, 0.2) is 5.96 Å². The number of likely N-dealkylation sites (tertiary alicyclic amines) is 1. The van der Waals surface area contributed by atoms with Crippen LogP contribution in [0, 0.1) is 5.41 Å². The van der Waals surface area contributed by atoms with Crippen LogP contribution in [0.25, 0.3) is 0 Å². The number of rotatable bonds is 9. The topological polar surface area (TPSA) is 73.8 Å². The molecule has 0 saturated carbocycles. The first-order valence-corrected chi connectivity index (χ1v) is 13.1. The molecule has 0 spiro atoms. The molecule has 1 aromatic heterocycles. The predicted molar refractivity (Wildman–Crippen MR) is 135 cm³/mol. The number of hydrogen-bond donors (Lipinski definition) is 2. The highest BCUT2D eigenvalue weighted by atomic mass is 127. The Morgan fingerprint density at radius 2 is 2.03 bits per heavy atom. The van der Waals surface area contributed by atoms with E-state index >= 15 is 0 Å². The average Bonchev–Trinajstić information content (AvgIpc) is 3.13. The van der Waals surface area contributed by atoms with Crippen molar-refractivity contribution in [3.8, 4) is 0 Å². The number of halogens is 1. The molecule has 1 aliphatic rings. The van der Waals surface area contributed by atoms with Crippen LogP contribution in [0.3, 0.4) is 0 Å². The summed E-state index contributed by atoms with van der Waals surface area (Å²) in [6, 6.07) is 2.63. The second-order valence-electron chi connectivity index (χ2n) is 8.57. The Labute approximate surface area is 197 Å². The van der Waals surface area contributed by atoms with E-state index in [1.165, 1.54) is 11.8 Å². The van der Waals surface area contributed by atoms with E-state index in [2.05, 4.69) is 53.1 Å². The van der Waals surface area contributed by atoms with E-state index in [4.69, 9.17) is 4.99 Å². The molecule has 0 unspecified atom stereocenters. The van der Waals surface area contributed by atoms with Crippen LogP contribution < -0.4 is 10.6 Å². The van der Waals surface area contributed by atoms with Gasteiger partial charge in [0.1, 0.15) is 9.84 Å². The summed E-state index contributed by atoms with van der Waals surface area (Å²) < 4.78 is 22.9. The Kier molecular flexibility index (Phi) is 11.4. The van der Waals surface area contributed by atoms with Crippen LogP contribution in [0.2, 0.25) is 0 Å². The molecule has 2 heterocycles. The van der Waals surface area contributed by atoms with Crippen molar-refractivity contribution in [3.05, 3.63) is 22.4 Å². The molecule has 0 atom stereocenters. The predicted octanol–water partition coefficient (Wildman–Crippen LogP) is 3.35. The van der Waals surface area contributed by atoms with Gasteiger partial charge in [-0.3, -0.25) is 9.89 Å². The molecule has 0 bridgehead atoms. The number of sulfone groups is 1.